The van der Waals surface area contributed by atoms with Gasteiger partial charge in [0.05, 0.1) is 5.56 Å². The molecule has 0 bridgehead atoms. The molecule has 0 amide bonds. The van der Waals surface area contributed by atoms with Crippen LogP contribution in [0.3, 0.4) is 0 Å². The van der Waals surface area contributed by atoms with E-state index in [1.807, 2.05) is 0 Å². The number of hydrogen-bond donors (Lipinski definition) is 0. The fourth-order valence-corrected chi connectivity index (χ4v) is 1.80. The van der Waals surface area contributed by atoms with Crippen LogP contribution in [0.1, 0.15) is 17.2 Å². The van der Waals surface area contributed by atoms with E-state index < -0.39 is 15.5 Å². The fraction of sp³-hybridized carbons (Fsp3) is 0.250. The van der Waals surface area contributed by atoms with Gasteiger partial charge in [0.15, 0.2) is 11.6 Å². The van der Waals surface area contributed by atoms with Crippen molar-refractivity contribution in [2.45, 2.75) is 16.9 Å². The number of aromatic nitrogens is 3. The molecule has 112 valence electrons. The molecule has 2 rings (SSSR count). The maximum Gasteiger partial charge on any atom is 0.416 e. The third kappa shape index (κ3) is 3.96. The van der Waals surface area contributed by atoms with Crippen molar-refractivity contribution in [3.05, 3.63) is 41.5 Å². The van der Waals surface area contributed by atoms with E-state index in [2.05, 4.69) is 15.0 Å². The molecule has 0 unspecified atom stereocenters. The molecule has 0 aliphatic heterocycles. The summed E-state index contributed by atoms with van der Waals surface area (Å²) in [7, 11) is 0. The van der Waals surface area contributed by atoms with Gasteiger partial charge in [-0.1, -0.05) is 46.9 Å². The lowest BCUT2D eigenvalue weighted by Gasteiger charge is -2.11. The molecule has 2 aromatic rings. The second-order valence-corrected chi connectivity index (χ2v) is 6.38. The van der Waals surface area contributed by atoms with Gasteiger partial charge in [0.25, 0.3) is 0 Å². The summed E-state index contributed by atoms with van der Waals surface area (Å²) in [6.07, 6.45) is -4.41. The largest absolute Gasteiger partial charge is 0.416 e. The number of hydrogen-bond acceptors (Lipinski definition) is 3. The Morgan fingerprint density at radius 1 is 0.905 bits per heavy atom. The molecule has 0 aliphatic carbocycles. The highest BCUT2D eigenvalue weighted by Gasteiger charge is 2.30. The van der Waals surface area contributed by atoms with Crippen molar-refractivity contribution in [3.8, 4) is 11.4 Å². The summed E-state index contributed by atoms with van der Waals surface area (Å²) in [6.45, 7) is 1.56. The molecular formula is C12H7Cl3F3N3. The first-order chi connectivity index (χ1) is 9.57. The highest BCUT2D eigenvalue weighted by Crippen LogP contribution is 2.36. The molecule has 1 aromatic heterocycles. The Labute approximate surface area is 133 Å². The standard InChI is InChI=1S/C12H7Cl3F3N3/c1-6-19-9(21-10(20-6)11(13,14)15)7-2-4-8(5-3-7)12(16,17)18/h2-5H,1H3. The summed E-state index contributed by atoms with van der Waals surface area (Å²) >= 11 is 17.1. The van der Waals surface area contributed by atoms with Crippen LogP contribution in [0.5, 0.6) is 0 Å². The van der Waals surface area contributed by atoms with E-state index in [9.17, 15) is 13.2 Å². The lowest BCUT2D eigenvalue weighted by molar-refractivity contribution is -0.137. The van der Waals surface area contributed by atoms with Crippen molar-refractivity contribution < 1.29 is 13.2 Å². The first-order valence-electron chi connectivity index (χ1n) is 5.55. The normalized spacial score (nSPS) is 12.5. The zero-order valence-electron chi connectivity index (χ0n) is 10.4. The number of halogens is 6. The Bertz CT molecular complexity index is 652. The molecule has 1 aromatic carbocycles. The molecule has 0 radical (unpaired) electrons. The lowest BCUT2D eigenvalue weighted by Crippen LogP contribution is -2.11. The van der Waals surface area contributed by atoms with Crippen LogP contribution in [0.15, 0.2) is 24.3 Å². The summed E-state index contributed by atoms with van der Waals surface area (Å²) < 4.78 is 35.7. The van der Waals surface area contributed by atoms with Crippen LogP contribution >= 0.6 is 34.8 Å². The molecule has 0 fully saturated rings. The van der Waals surface area contributed by atoms with Crippen molar-refractivity contribution in [2.24, 2.45) is 0 Å². The minimum Gasteiger partial charge on any atom is -0.214 e. The van der Waals surface area contributed by atoms with Gasteiger partial charge >= 0.3 is 6.18 Å². The third-order valence-corrected chi connectivity index (χ3v) is 2.98. The number of nitrogens with zero attached hydrogens (tertiary/aromatic N) is 3. The monoisotopic (exact) mass is 355 g/mol. The van der Waals surface area contributed by atoms with Gasteiger partial charge in [-0.15, -0.1) is 0 Å². The first kappa shape index (κ1) is 16.3. The fourth-order valence-electron chi connectivity index (χ4n) is 1.55. The Morgan fingerprint density at radius 3 is 1.95 bits per heavy atom. The predicted molar refractivity (Wildman–Crippen MR) is 74.2 cm³/mol. The van der Waals surface area contributed by atoms with Gasteiger partial charge in [-0.05, 0) is 19.1 Å². The summed E-state index contributed by atoms with van der Waals surface area (Å²) in [4.78, 5) is 11.9. The van der Waals surface area contributed by atoms with E-state index in [4.69, 9.17) is 34.8 Å². The van der Waals surface area contributed by atoms with Crippen LogP contribution in [0, 0.1) is 6.92 Å². The van der Waals surface area contributed by atoms with Crippen molar-refractivity contribution in [2.75, 3.05) is 0 Å². The van der Waals surface area contributed by atoms with Gasteiger partial charge in [-0.2, -0.15) is 13.2 Å². The van der Waals surface area contributed by atoms with E-state index in [-0.39, 0.29) is 11.6 Å². The summed E-state index contributed by atoms with van der Waals surface area (Å²) in [6, 6.07) is 4.37. The highest BCUT2D eigenvalue weighted by molar-refractivity contribution is 6.66. The van der Waals surface area contributed by atoms with Gasteiger partial charge < -0.3 is 0 Å². The SMILES string of the molecule is Cc1nc(-c2ccc(C(F)(F)F)cc2)nc(C(Cl)(Cl)Cl)n1. The number of alkyl halides is 6. The van der Waals surface area contributed by atoms with Crippen molar-refractivity contribution in [1.82, 2.24) is 15.0 Å². The van der Waals surface area contributed by atoms with Crippen molar-refractivity contribution >= 4 is 34.8 Å². The molecule has 0 N–H and O–H groups in total. The smallest absolute Gasteiger partial charge is 0.214 e. The maximum atomic E-state index is 12.5. The number of rotatable bonds is 1. The Hall–Kier alpha value is -1.11. The number of aryl methyl sites for hydroxylation is 1. The van der Waals surface area contributed by atoms with E-state index in [1.54, 1.807) is 6.92 Å². The second kappa shape index (κ2) is 5.59. The van der Waals surface area contributed by atoms with Crippen LogP contribution in [0.4, 0.5) is 13.2 Å². The zero-order chi connectivity index (χ0) is 15.8. The van der Waals surface area contributed by atoms with E-state index in [0.717, 1.165) is 12.1 Å². The van der Waals surface area contributed by atoms with Crippen LogP contribution < -0.4 is 0 Å². The molecule has 9 heteroatoms. The van der Waals surface area contributed by atoms with Crippen LogP contribution in [-0.2, 0) is 9.97 Å². The lowest BCUT2D eigenvalue weighted by atomic mass is 10.1. The van der Waals surface area contributed by atoms with Gasteiger partial charge in [-0.25, -0.2) is 15.0 Å². The first-order valence-corrected chi connectivity index (χ1v) is 6.68. The summed E-state index contributed by atoms with van der Waals surface area (Å²) in [5, 5.41) is 0. The Balaban J connectivity index is 2.45. The van der Waals surface area contributed by atoms with Gasteiger partial charge in [0, 0.05) is 5.56 Å². The van der Waals surface area contributed by atoms with E-state index >= 15 is 0 Å². The van der Waals surface area contributed by atoms with Crippen LogP contribution in [0.25, 0.3) is 11.4 Å². The van der Waals surface area contributed by atoms with Crippen LogP contribution in [-0.4, -0.2) is 15.0 Å². The predicted octanol–water partition coefficient (Wildman–Crippen LogP) is 4.69. The molecule has 0 aliphatic rings. The molecule has 0 atom stereocenters. The van der Waals surface area contributed by atoms with Crippen LogP contribution in [0.2, 0.25) is 0 Å². The molecule has 3 nitrogen and oxygen atoms in total. The van der Waals surface area contributed by atoms with E-state index in [1.165, 1.54) is 12.1 Å². The Morgan fingerprint density at radius 2 is 1.48 bits per heavy atom. The molecule has 1 heterocycles. The average molecular weight is 357 g/mol. The second-order valence-electron chi connectivity index (χ2n) is 4.10. The Kier molecular flexibility index (Phi) is 4.33. The quantitative estimate of drug-likeness (QED) is 0.696. The maximum absolute atomic E-state index is 12.5. The average Bonchev–Trinajstić information content (AvgIpc) is 2.36. The van der Waals surface area contributed by atoms with Crippen molar-refractivity contribution in [3.63, 3.8) is 0 Å². The third-order valence-electron chi connectivity index (χ3n) is 2.47. The minimum atomic E-state index is -4.41. The van der Waals surface area contributed by atoms with Crippen molar-refractivity contribution in [1.29, 1.82) is 0 Å². The topological polar surface area (TPSA) is 38.7 Å². The van der Waals surface area contributed by atoms with Gasteiger partial charge in [-0.3, -0.25) is 0 Å². The van der Waals surface area contributed by atoms with E-state index in [0.29, 0.717) is 11.4 Å². The molecule has 0 saturated heterocycles. The number of benzene rings is 1. The minimum absolute atomic E-state index is 0.0881. The highest BCUT2D eigenvalue weighted by atomic mass is 35.6. The summed E-state index contributed by atoms with van der Waals surface area (Å²) in [5.41, 5.74) is -0.400. The van der Waals surface area contributed by atoms with Gasteiger partial charge in [0.1, 0.15) is 5.82 Å². The zero-order valence-corrected chi connectivity index (χ0v) is 12.7. The van der Waals surface area contributed by atoms with Gasteiger partial charge in [0.2, 0.25) is 3.79 Å². The molecule has 0 saturated carbocycles. The molecular weight excluding hydrogens is 350 g/mol. The molecule has 0 spiro atoms. The summed E-state index contributed by atoms with van der Waals surface area (Å²) in [5.74, 6) is 0.341. The molecule has 21 heavy (non-hydrogen) atoms.